The molecule has 0 saturated carbocycles. The molecule has 2 N–H and O–H groups in total. The van der Waals surface area contributed by atoms with Crippen molar-refractivity contribution in [2.75, 3.05) is 23.7 Å². The van der Waals surface area contributed by atoms with Crippen LogP contribution in [0, 0.1) is 10.1 Å². The second-order valence-electron chi connectivity index (χ2n) is 10.9. The molecule has 3 aromatic carbocycles. The minimum Gasteiger partial charge on any atom is -0.354 e. The van der Waals surface area contributed by atoms with E-state index in [9.17, 15) is 19.7 Å². The van der Waals surface area contributed by atoms with Gasteiger partial charge in [-0.1, -0.05) is 24.3 Å². The quantitative estimate of drug-likeness (QED) is 0.146. The van der Waals surface area contributed by atoms with Gasteiger partial charge >= 0.3 is 0 Å². The van der Waals surface area contributed by atoms with E-state index in [1.54, 1.807) is 12.3 Å². The summed E-state index contributed by atoms with van der Waals surface area (Å²) in [6, 6.07) is 20.1. The highest BCUT2D eigenvalue weighted by Crippen LogP contribution is 2.39. The standard InChI is InChI=1S/C33H32N6O4/c1-37-20-17-34-32(37)24-11-13-25(14-12-24)35-31(30-27-21-26(39(42)43)15-16-28(27)36-33(30)41)23-9-7-22(8-10-23)5-4-19-38-18-3-2-6-29(38)40/h7-17,20-21,35H,2-6,18-19H2,1H3,(H,36,41)/b31-30-. The zero-order chi connectivity index (χ0) is 29.9. The zero-order valence-corrected chi connectivity index (χ0v) is 23.9. The molecule has 4 aromatic rings. The fourth-order valence-corrected chi connectivity index (χ4v) is 5.70. The van der Waals surface area contributed by atoms with Crippen molar-refractivity contribution in [1.82, 2.24) is 14.5 Å². The molecule has 10 nitrogen and oxygen atoms in total. The molecule has 0 spiro atoms. The predicted octanol–water partition coefficient (Wildman–Crippen LogP) is 5.87. The molecule has 0 atom stereocenters. The molecule has 0 bridgehead atoms. The Morgan fingerprint density at radius 1 is 1.05 bits per heavy atom. The lowest BCUT2D eigenvalue weighted by atomic mass is 9.98. The van der Waals surface area contributed by atoms with E-state index >= 15 is 0 Å². The number of carbonyl (C=O) groups is 2. The Morgan fingerprint density at radius 2 is 1.84 bits per heavy atom. The van der Waals surface area contributed by atoms with Gasteiger partial charge in [-0.15, -0.1) is 0 Å². The topological polar surface area (TPSA) is 122 Å². The van der Waals surface area contributed by atoms with E-state index in [0.717, 1.165) is 67.0 Å². The van der Waals surface area contributed by atoms with Gasteiger partial charge in [-0.3, -0.25) is 19.7 Å². The van der Waals surface area contributed by atoms with E-state index < -0.39 is 4.92 Å². The van der Waals surface area contributed by atoms with E-state index in [2.05, 4.69) is 15.6 Å². The molecule has 2 aliphatic rings. The van der Waals surface area contributed by atoms with Gasteiger partial charge in [-0.2, -0.15) is 0 Å². The minimum absolute atomic E-state index is 0.0888. The number of anilines is 2. The average molecular weight is 577 g/mol. The number of nitro groups is 1. The van der Waals surface area contributed by atoms with Crippen molar-refractivity contribution in [3.63, 3.8) is 0 Å². The van der Waals surface area contributed by atoms with Crippen molar-refractivity contribution >= 4 is 40.1 Å². The number of nitrogens with zero attached hydrogens (tertiary/aromatic N) is 4. The van der Waals surface area contributed by atoms with Crippen LogP contribution in [0.1, 0.15) is 42.4 Å². The summed E-state index contributed by atoms with van der Waals surface area (Å²) in [5.74, 6) is 0.743. The van der Waals surface area contributed by atoms with E-state index in [0.29, 0.717) is 28.9 Å². The number of nitro benzene ring substituents is 1. The lowest BCUT2D eigenvalue weighted by Crippen LogP contribution is -2.36. The number of aromatic nitrogens is 2. The van der Waals surface area contributed by atoms with Gasteiger partial charge < -0.3 is 20.1 Å². The molecule has 1 fully saturated rings. The SMILES string of the molecule is Cn1ccnc1-c1ccc(N/C(=C2\C(=O)Nc3ccc([N+](=O)[O-])cc32)c2ccc(CCCN3CCCCC3=O)cc2)cc1. The number of nitrogens with one attached hydrogen (secondary N) is 2. The smallest absolute Gasteiger partial charge is 0.270 e. The Morgan fingerprint density at radius 3 is 2.53 bits per heavy atom. The summed E-state index contributed by atoms with van der Waals surface area (Å²) in [5.41, 5.74) is 5.39. The van der Waals surface area contributed by atoms with Crippen molar-refractivity contribution in [2.45, 2.75) is 32.1 Å². The fraction of sp³-hybridized carbons (Fsp3) is 0.242. The van der Waals surface area contributed by atoms with Gasteiger partial charge in [0, 0.05) is 73.6 Å². The molecule has 0 unspecified atom stereocenters. The van der Waals surface area contributed by atoms with E-state index in [-0.39, 0.29) is 17.5 Å². The molecular weight excluding hydrogens is 544 g/mol. The van der Waals surface area contributed by atoms with Crippen LogP contribution >= 0.6 is 0 Å². The molecule has 1 saturated heterocycles. The maximum atomic E-state index is 13.3. The molecule has 1 aromatic heterocycles. The van der Waals surface area contributed by atoms with Crippen LogP contribution in [0.2, 0.25) is 0 Å². The number of aryl methyl sites for hydroxylation is 2. The van der Waals surface area contributed by atoms with Crippen molar-refractivity contribution in [3.05, 3.63) is 106 Å². The number of carbonyl (C=O) groups excluding carboxylic acids is 2. The molecule has 3 heterocycles. The number of likely N-dealkylation sites (tertiary alicyclic amines) is 1. The number of benzene rings is 3. The molecule has 218 valence electrons. The van der Waals surface area contributed by atoms with Crippen molar-refractivity contribution in [1.29, 1.82) is 0 Å². The van der Waals surface area contributed by atoms with Crippen LogP contribution in [-0.2, 0) is 23.1 Å². The largest absolute Gasteiger partial charge is 0.354 e. The van der Waals surface area contributed by atoms with Crippen LogP contribution in [0.4, 0.5) is 17.1 Å². The van der Waals surface area contributed by atoms with Crippen molar-refractivity contribution < 1.29 is 14.5 Å². The first-order chi connectivity index (χ1) is 20.9. The summed E-state index contributed by atoms with van der Waals surface area (Å²) in [6.45, 7) is 1.59. The second-order valence-corrected chi connectivity index (χ2v) is 10.9. The van der Waals surface area contributed by atoms with Gasteiger partial charge in [-0.05, 0) is 67.1 Å². The fourth-order valence-electron chi connectivity index (χ4n) is 5.70. The Kier molecular flexibility index (Phi) is 7.74. The van der Waals surface area contributed by atoms with Crippen LogP contribution < -0.4 is 10.6 Å². The molecule has 43 heavy (non-hydrogen) atoms. The van der Waals surface area contributed by atoms with Crippen LogP contribution in [0.15, 0.2) is 79.1 Å². The van der Waals surface area contributed by atoms with Gasteiger partial charge in [0.2, 0.25) is 5.91 Å². The maximum absolute atomic E-state index is 13.3. The van der Waals surface area contributed by atoms with Gasteiger partial charge in [0.05, 0.1) is 16.2 Å². The highest BCUT2D eigenvalue weighted by molar-refractivity contribution is 6.37. The summed E-state index contributed by atoms with van der Waals surface area (Å²) in [4.78, 5) is 42.9. The summed E-state index contributed by atoms with van der Waals surface area (Å²) in [7, 11) is 1.93. The first-order valence-electron chi connectivity index (χ1n) is 14.4. The minimum atomic E-state index is -0.462. The Labute approximate surface area is 249 Å². The van der Waals surface area contributed by atoms with Crippen LogP contribution in [0.5, 0.6) is 0 Å². The Balaban J connectivity index is 1.31. The maximum Gasteiger partial charge on any atom is 0.270 e. The summed E-state index contributed by atoms with van der Waals surface area (Å²) in [5, 5.41) is 17.8. The van der Waals surface area contributed by atoms with Crippen LogP contribution in [-0.4, -0.2) is 44.3 Å². The van der Waals surface area contributed by atoms with E-state index in [1.807, 2.05) is 71.2 Å². The van der Waals surface area contributed by atoms with Crippen molar-refractivity contribution in [2.24, 2.45) is 7.05 Å². The third-order valence-electron chi connectivity index (χ3n) is 8.00. The normalized spacial score (nSPS) is 15.7. The predicted molar refractivity (Wildman–Crippen MR) is 166 cm³/mol. The number of piperidine rings is 1. The van der Waals surface area contributed by atoms with Gasteiger partial charge in [0.1, 0.15) is 5.82 Å². The second kappa shape index (κ2) is 11.9. The highest BCUT2D eigenvalue weighted by atomic mass is 16.6. The molecular formula is C33H32N6O4. The first kappa shape index (κ1) is 27.9. The molecule has 10 heteroatoms. The third-order valence-corrected chi connectivity index (χ3v) is 8.00. The number of rotatable bonds is 9. The highest BCUT2D eigenvalue weighted by Gasteiger charge is 2.30. The van der Waals surface area contributed by atoms with E-state index in [4.69, 9.17) is 0 Å². The van der Waals surface area contributed by atoms with E-state index in [1.165, 1.54) is 12.1 Å². The van der Waals surface area contributed by atoms with Gasteiger partial charge in [0.15, 0.2) is 0 Å². The lowest BCUT2D eigenvalue weighted by molar-refractivity contribution is -0.384. The summed E-state index contributed by atoms with van der Waals surface area (Å²) < 4.78 is 1.94. The molecule has 0 aliphatic carbocycles. The molecule has 6 rings (SSSR count). The number of amides is 2. The first-order valence-corrected chi connectivity index (χ1v) is 14.4. The van der Waals surface area contributed by atoms with Gasteiger partial charge in [0.25, 0.3) is 11.6 Å². The molecule has 2 aliphatic heterocycles. The number of hydrogen-bond acceptors (Lipinski definition) is 6. The number of fused-ring (bicyclic) bond motifs is 1. The summed E-state index contributed by atoms with van der Waals surface area (Å²) in [6.07, 6.45) is 8.02. The van der Waals surface area contributed by atoms with Crippen molar-refractivity contribution in [3.8, 4) is 11.4 Å². The number of imidazole rings is 1. The Bertz CT molecular complexity index is 1720. The van der Waals surface area contributed by atoms with Crippen LogP contribution in [0.3, 0.4) is 0 Å². The number of hydrogen-bond donors (Lipinski definition) is 2. The lowest BCUT2D eigenvalue weighted by Gasteiger charge is -2.26. The monoisotopic (exact) mass is 576 g/mol. The summed E-state index contributed by atoms with van der Waals surface area (Å²) >= 11 is 0. The molecule has 0 radical (unpaired) electrons. The zero-order valence-electron chi connectivity index (χ0n) is 23.9. The van der Waals surface area contributed by atoms with Gasteiger partial charge in [-0.25, -0.2) is 4.98 Å². The third kappa shape index (κ3) is 5.90. The molecule has 2 amide bonds. The average Bonchev–Trinajstić information content (AvgIpc) is 3.59. The number of non-ortho nitro benzene ring substituents is 1. The Hall–Kier alpha value is -5.25. The van der Waals surface area contributed by atoms with Crippen LogP contribution in [0.25, 0.3) is 22.7 Å².